The number of nitrogens with one attached hydrogen (secondary N) is 2. The SMILES string of the molecule is CCNC(C)c1cccc(NC(=O)N(CC)CC2CC2)c1. The molecule has 4 nitrogen and oxygen atoms in total. The summed E-state index contributed by atoms with van der Waals surface area (Å²) >= 11 is 0. The molecule has 0 spiro atoms. The second-order valence-electron chi connectivity index (χ2n) is 5.82. The lowest BCUT2D eigenvalue weighted by Gasteiger charge is -2.21. The van der Waals surface area contributed by atoms with Crippen LogP contribution < -0.4 is 10.6 Å². The first-order chi connectivity index (χ1) is 10.1. The molecule has 1 aromatic rings. The monoisotopic (exact) mass is 289 g/mol. The third-order valence-electron chi connectivity index (χ3n) is 3.99. The van der Waals surface area contributed by atoms with Crippen molar-refractivity contribution in [2.75, 3.05) is 25.0 Å². The second-order valence-corrected chi connectivity index (χ2v) is 5.82. The zero-order valence-electron chi connectivity index (χ0n) is 13.4. The van der Waals surface area contributed by atoms with E-state index in [0.717, 1.165) is 31.2 Å². The largest absolute Gasteiger partial charge is 0.325 e. The smallest absolute Gasteiger partial charge is 0.321 e. The van der Waals surface area contributed by atoms with E-state index in [9.17, 15) is 4.79 Å². The Hall–Kier alpha value is -1.55. The number of amides is 2. The van der Waals surface area contributed by atoms with Crippen LogP contribution >= 0.6 is 0 Å². The molecular weight excluding hydrogens is 262 g/mol. The van der Waals surface area contributed by atoms with Crippen molar-refractivity contribution < 1.29 is 4.79 Å². The van der Waals surface area contributed by atoms with Crippen LogP contribution in [0.5, 0.6) is 0 Å². The van der Waals surface area contributed by atoms with E-state index in [1.165, 1.54) is 18.4 Å². The second kappa shape index (κ2) is 7.46. The van der Waals surface area contributed by atoms with Crippen molar-refractivity contribution in [2.45, 2.75) is 39.7 Å². The average Bonchev–Trinajstić information content (AvgIpc) is 3.29. The van der Waals surface area contributed by atoms with E-state index >= 15 is 0 Å². The van der Waals surface area contributed by atoms with E-state index in [1.54, 1.807) is 0 Å². The van der Waals surface area contributed by atoms with Crippen molar-refractivity contribution in [1.29, 1.82) is 0 Å². The van der Waals surface area contributed by atoms with Crippen LogP contribution in [0.15, 0.2) is 24.3 Å². The average molecular weight is 289 g/mol. The van der Waals surface area contributed by atoms with Gasteiger partial charge in [0.05, 0.1) is 0 Å². The number of anilines is 1. The fourth-order valence-electron chi connectivity index (χ4n) is 2.48. The number of rotatable bonds is 7. The van der Waals surface area contributed by atoms with Gasteiger partial charge in [-0.3, -0.25) is 0 Å². The molecule has 21 heavy (non-hydrogen) atoms. The molecule has 1 saturated carbocycles. The van der Waals surface area contributed by atoms with Crippen molar-refractivity contribution in [2.24, 2.45) is 5.92 Å². The van der Waals surface area contributed by atoms with Crippen LogP contribution in [-0.2, 0) is 0 Å². The van der Waals surface area contributed by atoms with Crippen molar-refractivity contribution in [1.82, 2.24) is 10.2 Å². The fourth-order valence-corrected chi connectivity index (χ4v) is 2.48. The van der Waals surface area contributed by atoms with Gasteiger partial charge in [-0.15, -0.1) is 0 Å². The molecule has 2 amide bonds. The molecule has 1 aliphatic rings. The van der Waals surface area contributed by atoms with Crippen LogP contribution in [0.1, 0.15) is 45.2 Å². The molecule has 1 aromatic carbocycles. The van der Waals surface area contributed by atoms with Gasteiger partial charge >= 0.3 is 6.03 Å². The summed E-state index contributed by atoms with van der Waals surface area (Å²) < 4.78 is 0. The van der Waals surface area contributed by atoms with Gasteiger partial charge in [-0.1, -0.05) is 19.1 Å². The highest BCUT2D eigenvalue weighted by Gasteiger charge is 2.26. The number of carbonyl (C=O) groups is 1. The van der Waals surface area contributed by atoms with Crippen molar-refractivity contribution in [3.05, 3.63) is 29.8 Å². The van der Waals surface area contributed by atoms with E-state index in [-0.39, 0.29) is 6.03 Å². The Morgan fingerprint density at radius 2 is 2.14 bits per heavy atom. The predicted molar refractivity (Wildman–Crippen MR) is 87.5 cm³/mol. The standard InChI is InChI=1S/C17H27N3O/c1-4-18-13(3)15-7-6-8-16(11-15)19-17(21)20(5-2)12-14-9-10-14/h6-8,11,13-14,18H,4-5,9-10,12H2,1-3H3,(H,19,21). The summed E-state index contributed by atoms with van der Waals surface area (Å²) in [7, 11) is 0. The molecule has 116 valence electrons. The third kappa shape index (κ3) is 4.74. The molecule has 1 atom stereocenters. The van der Waals surface area contributed by atoms with Crippen LogP contribution in [0.2, 0.25) is 0 Å². The first-order valence-electron chi connectivity index (χ1n) is 8.03. The molecule has 0 aliphatic heterocycles. The van der Waals surface area contributed by atoms with E-state index in [1.807, 2.05) is 24.0 Å². The van der Waals surface area contributed by atoms with E-state index in [2.05, 4.69) is 36.6 Å². The van der Waals surface area contributed by atoms with Crippen molar-refractivity contribution >= 4 is 11.7 Å². The summed E-state index contributed by atoms with van der Waals surface area (Å²) in [6, 6.07) is 8.39. The first kappa shape index (κ1) is 15.8. The van der Waals surface area contributed by atoms with E-state index < -0.39 is 0 Å². The molecule has 1 unspecified atom stereocenters. The van der Waals surface area contributed by atoms with Gasteiger partial charge in [-0.25, -0.2) is 4.79 Å². The Labute approximate surface area is 127 Å². The highest BCUT2D eigenvalue weighted by molar-refractivity contribution is 5.89. The van der Waals surface area contributed by atoms with Gasteiger partial charge in [0, 0.05) is 24.8 Å². The molecule has 2 rings (SSSR count). The Morgan fingerprint density at radius 1 is 1.38 bits per heavy atom. The minimum atomic E-state index is 0.0117. The van der Waals surface area contributed by atoms with Gasteiger partial charge in [-0.05, 0) is 56.8 Å². The summed E-state index contributed by atoms with van der Waals surface area (Å²) in [6.07, 6.45) is 2.53. The predicted octanol–water partition coefficient (Wildman–Crippen LogP) is 3.62. The van der Waals surface area contributed by atoms with Crippen LogP contribution in [-0.4, -0.2) is 30.6 Å². The van der Waals surface area contributed by atoms with Crippen LogP contribution in [0.4, 0.5) is 10.5 Å². The van der Waals surface area contributed by atoms with Crippen LogP contribution in [0.25, 0.3) is 0 Å². The van der Waals surface area contributed by atoms with Gasteiger partial charge in [-0.2, -0.15) is 0 Å². The molecule has 0 saturated heterocycles. The quantitative estimate of drug-likeness (QED) is 0.805. The van der Waals surface area contributed by atoms with Crippen molar-refractivity contribution in [3.8, 4) is 0 Å². The maximum absolute atomic E-state index is 12.3. The van der Waals surface area contributed by atoms with E-state index in [4.69, 9.17) is 0 Å². The topological polar surface area (TPSA) is 44.4 Å². The first-order valence-corrected chi connectivity index (χ1v) is 8.03. The molecule has 1 aliphatic carbocycles. The Morgan fingerprint density at radius 3 is 2.76 bits per heavy atom. The number of benzene rings is 1. The maximum Gasteiger partial charge on any atom is 0.321 e. The van der Waals surface area contributed by atoms with Crippen LogP contribution in [0.3, 0.4) is 0 Å². The van der Waals surface area contributed by atoms with Gasteiger partial charge < -0.3 is 15.5 Å². The number of urea groups is 1. The normalized spacial score (nSPS) is 15.6. The number of hydrogen-bond acceptors (Lipinski definition) is 2. The van der Waals surface area contributed by atoms with Crippen LogP contribution in [0, 0.1) is 5.92 Å². The minimum Gasteiger partial charge on any atom is -0.325 e. The zero-order chi connectivity index (χ0) is 15.2. The molecule has 0 aromatic heterocycles. The Bertz CT molecular complexity index is 471. The Kier molecular flexibility index (Phi) is 5.62. The summed E-state index contributed by atoms with van der Waals surface area (Å²) in [6.45, 7) is 8.84. The zero-order valence-corrected chi connectivity index (χ0v) is 13.4. The summed E-state index contributed by atoms with van der Waals surface area (Å²) in [4.78, 5) is 14.2. The number of carbonyl (C=O) groups excluding carboxylic acids is 1. The number of hydrogen-bond donors (Lipinski definition) is 2. The molecule has 0 heterocycles. The summed E-state index contributed by atoms with van der Waals surface area (Å²) in [5.41, 5.74) is 2.07. The molecule has 2 N–H and O–H groups in total. The van der Waals surface area contributed by atoms with Gasteiger partial charge in [0.15, 0.2) is 0 Å². The highest BCUT2D eigenvalue weighted by atomic mass is 16.2. The van der Waals surface area contributed by atoms with Gasteiger partial charge in [0.2, 0.25) is 0 Å². The highest BCUT2D eigenvalue weighted by Crippen LogP contribution is 2.29. The lowest BCUT2D eigenvalue weighted by Crippen LogP contribution is -2.36. The lowest BCUT2D eigenvalue weighted by atomic mass is 10.1. The molecular formula is C17H27N3O. The van der Waals surface area contributed by atoms with Gasteiger partial charge in [0.25, 0.3) is 0 Å². The summed E-state index contributed by atoms with van der Waals surface area (Å²) in [5.74, 6) is 0.718. The third-order valence-corrected chi connectivity index (χ3v) is 3.99. The number of nitrogens with zero attached hydrogens (tertiary/aromatic N) is 1. The Balaban J connectivity index is 1.97. The molecule has 0 radical (unpaired) electrons. The molecule has 1 fully saturated rings. The molecule has 4 heteroatoms. The van der Waals surface area contributed by atoms with Gasteiger partial charge in [0.1, 0.15) is 0 Å². The summed E-state index contributed by atoms with van der Waals surface area (Å²) in [5, 5.41) is 6.41. The maximum atomic E-state index is 12.3. The van der Waals surface area contributed by atoms with Crippen molar-refractivity contribution in [3.63, 3.8) is 0 Å². The fraction of sp³-hybridized carbons (Fsp3) is 0.588. The lowest BCUT2D eigenvalue weighted by molar-refractivity contribution is 0.212. The molecule has 0 bridgehead atoms. The minimum absolute atomic E-state index is 0.0117. The van der Waals surface area contributed by atoms with E-state index in [0.29, 0.717) is 6.04 Å².